The molecule has 6 nitrogen and oxygen atoms in total. The van der Waals surface area contributed by atoms with Gasteiger partial charge in [0.25, 0.3) is 0 Å². The number of esters is 2. The highest BCUT2D eigenvalue weighted by atomic mass is 16.5. The highest BCUT2D eigenvalue weighted by Crippen LogP contribution is 2.19. The van der Waals surface area contributed by atoms with Gasteiger partial charge in [-0.15, -0.1) is 0 Å². The summed E-state index contributed by atoms with van der Waals surface area (Å²) in [6.07, 6.45) is 0.265. The molecule has 0 radical (unpaired) electrons. The number of hydrogen-bond acceptors (Lipinski definition) is 5. The normalized spacial score (nSPS) is 11.4. The van der Waals surface area contributed by atoms with E-state index in [1.807, 2.05) is 0 Å². The molecule has 0 saturated heterocycles. The van der Waals surface area contributed by atoms with Crippen LogP contribution in [0.2, 0.25) is 0 Å². The van der Waals surface area contributed by atoms with Gasteiger partial charge in [0.2, 0.25) is 5.91 Å². The average Bonchev–Trinajstić information content (AvgIpc) is 2.45. The third kappa shape index (κ3) is 5.25. The molecule has 0 aliphatic rings. The van der Waals surface area contributed by atoms with Gasteiger partial charge in [-0.3, -0.25) is 9.59 Å². The molecule has 0 bridgehead atoms. The second kappa shape index (κ2) is 8.04. The molecule has 1 amide bonds. The Morgan fingerprint density at radius 3 is 2.24 bits per heavy atom. The zero-order chi connectivity index (χ0) is 15.8. The molecule has 6 heteroatoms. The van der Waals surface area contributed by atoms with E-state index < -0.39 is 18.0 Å². The van der Waals surface area contributed by atoms with Crippen molar-refractivity contribution in [2.75, 3.05) is 6.61 Å². The summed E-state index contributed by atoms with van der Waals surface area (Å²) >= 11 is 0. The number of nitrogens with one attached hydrogen (secondary N) is 1. The molecule has 0 aromatic heterocycles. The van der Waals surface area contributed by atoms with Gasteiger partial charge in [-0.05, 0) is 24.6 Å². The Balaban J connectivity index is 2.93. The zero-order valence-electron chi connectivity index (χ0n) is 12.3. The Kier molecular flexibility index (Phi) is 6.39. The van der Waals surface area contributed by atoms with Crippen LogP contribution in [-0.2, 0) is 19.1 Å². The topological polar surface area (TPSA) is 81.7 Å². The first-order valence-corrected chi connectivity index (χ1v) is 6.72. The van der Waals surface area contributed by atoms with E-state index in [0.717, 1.165) is 0 Å². The van der Waals surface area contributed by atoms with Crippen molar-refractivity contribution in [3.05, 3.63) is 29.8 Å². The standard InChI is InChI=1S/C15H19NO5/c1-4-13(18)16-14(15(19)20-5-2)11-6-8-12(9-7-11)21-10(3)17/h6-9,14H,4-5H2,1-3H3,(H,16,18). The minimum absolute atomic E-state index is 0.225. The first-order valence-electron chi connectivity index (χ1n) is 6.72. The van der Waals surface area contributed by atoms with Crippen molar-refractivity contribution in [1.29, 1.82) is 0 Å². The summed E-state index contributed by atoms with van der Waals surface area (Å²) in [6.45, 7) is 4.92. The lowest BCUT2D eigenvalue weighted by Gasteiger charge is -2.17. The Morgan fingerprint density at radius 1 is 1.14 bits per heavy atom. The van der Waals surface area contributed by atoms with E-state index in [0.29, 0.717) is 11.3 Å². The molecule has 0 saturated carbocycles. The smallest absolute Gasteiger partial charge is 0.333 e. The molecule has 1 unspecified atom stereocenters. The molecule has 1 rings (SSSR count). The molecular weight excluding hydrogens is 274 g/mol. The summed E-state index contributed by atoms with van der Waals surface area (Å²) in [5, 5.41) is 2.61. The lowest BCUT2D eigenvalue weighted by molar-refractivity contribution is -0.147. The van der Waals surface area contributed by atoms with Crippen molar-refractivity contribution in [1.82, 2.24) is 5.32 Å². The molecule has 1 aromatic rings. The molecule has 0 spiro atoms. The number of ether oxygens (including phenoxy) is 2. The molecule has 21 heavy (non-hydrogen) atoms. The predicted molar refractivity (Wildman–Crippen MR) is 75.6 cm³/mol. The van der Waals surface area contributed by atoms with E-state index in [1.165, 1.54) is 6.92 Å². The Morgan fingerprint density at radius 2 is 1.76 bits per heavy atom. The third-order valence-corrected chi connectivity index (χ3v) is 2.62. The maximum Gasteiger partial charge on any atom is 0.333 e. The van der Waals surface area contributed by atoms with Crippen LogP contribution < -0.4 is 10.1 Å². The SMILES string of the molecule is CCOC(=O)C(NC(=O)CC)c1ccc(OC(C)=O)cc1. The molecule has 1 atom stereocenters. The molecule has 1 N–H and O–H groups in total. The number of carbonyl (C=O) groups excluding carboxylic acids is 3. The first kappa shape index (κ1) is 16.7. The maximum atomic E-state index is 11.9. The molecular formula is C15H19NO5. The zero-order valence-corrected chi connectivity index (χ0v) is 12.3. The molecule has 1 aromatic carbocycles. The van der Waals surface area contributed by atoms with E-state index >= 15 is 0 Å². The van der Waals surface area contributed by atoms with Crippen LogP contribution in [0, 0.1) is 0 Å². The second-order valence-corrected chi connectivity index (χ2v) is 4.27. The summed E-state index contributed by atoms with van der Waals surface area (Å²) in [5.74, 6) is -0.837. The lowest BCUT2D eigenvalue weighted by atomic mass is 10.1. The van der Waals surface area contributed by atoms with Crippen LogP contribution in [-0.4, -0.2) is 24.5 Å². The minimum atomic E-state index is -0.872. The van der Waals surface area contributed by atoms with Crippen molar-refractivity contribution in [3.63, 3.8) is 0 Å². The Labute approximate surface area is 123 Å². The molecule has 0 heterocycles. The number of carbonyl (C=O) groups is 3. The van der Waals surface area contributed by atoms with E-state index in [-0.39, 0.29) is 18.9 Å². The third-order valence-electron chi connectivity index (χ3n) is 2.62. The Hall–Kier alpha value is -2.37. The van der Waals surface area contributed by atoms with E-state index in [9.17, 15) is 14.4 Å². The van der Waals surface area contributed by atoms with Crippen molar-refractivity contribution in [2.24, 2.45) is 0 Å². The van der Waals surface area contributed by atoms with Crippen molar-refractivity contribution < 1.29 is 23.9 Å². The number of benzene rings is 1. The van der Waals surface area contributed by atoms with Gasteiger partial charge in [0.15, 0.2) is 6.04 Å². The summed E-state index contributed by atoms with van der Waals surface area (Å²) in [7, 11) is 0. The summed E-state index contributed by atoms with van der Waals surface area (Å²) in [4.78, 5) is 34.3. The fourth-order valence-corrected chi connectivity index (χ4v) is 1.66. The fraction of sp³-hybridized carbons (Fsp3) is 0.400. The highest BCUT2D eigenvalue weighted by Gasteiger charge is 2.23. The number of rotatable bonds is 6. The van der Waals surface area contributed by atoms with Gasteiger partial charge in [-0.25, -0.2) is 4.79 Å². The van der Waals surface area contributed by atoms with Gasteiger partial charge in [0, 0.05) is 13.3 Å². The van der Waals surface area contributed by atoms with Crippen LogP contribution in [0.4, 0.5) is 0 Å². The van der Waals surface area contributed by atoms with Crippen molar-refractivity contribution in [2.45, 2.75) is 33.2 Å². The van der Waals surface area contributed by atoms with Gasteiger partial charge < -0.3 is 14.8 Å². The quantitative estimate of drug-likeness (QED) is 0.638. The maximum absolute atomic E-state index is 11.9. The monoisotopic (exact) mass is 293 g/mol. The highest BCUT2D eigenvalue weighted by molar-refractivity contribution is 5.85. The summed E-state index contributed by atoms with van der Waals surface area (Å²) < 4.78 is 9.88. The molecule has 0 aliphatic heterocycles. The average molecular weight is 293 g/mol. The molecule has 0 aliphatic carbocycles. The minimum Gasteiger partial charge on any atom is -0.464 e. The van der Waals surface area contributed by atoms with Crippen LogP contribution in [0.25, 0.3) is 0 Å². The largest absolute Gasteiger partial charge is 0.464 e. The van der Waals surface area contributed by atoms with E-state index in [4.69, 9.17) is 9.47 Å². The van der Waals surface area contributed by atoms with E-state index in [1.54, 1.807) is 38.1 Å². The summed E-state index contributed by atoms with van der Waals surface area (Å²) in [5.41, 5.74) is 0.561. The van der Waals surface area contributed by atoms with Crippen LogP contribution in [0.15, 0.2) is 24.3 Å². The van der Waals surface area contributed by atoms with E-state index in [2.05, 4.69) is 5.32 Å². The number of amides is 1. The second-order valence-electron chi connectivity index (χ2n) is 4.27. The fourth-order valence-electron chi connectivity index (χ4n) is 1.66. The van der Waals surface area contributed by atoms with Crippen LogP contribution in [0.3, 0.4) is 0 Å². The van der Waals surface area contributed by atoms with Crippen LogP contribution in [0.1, 0.15) is 38.8 Å². The number of hydrogen-bond donors (Lipinski definition) is 1. The van der Waals surface area contributed by atoms with Crippen molar-refractivity contribution in [3.8, 4) is 5.75 Å². The van der Waals surface area contributed by atoms with Gasteiger partial charge in [0.1, 0.15) is 5.75 Å². The van der Waals surface area contributed by atoms with Crippen LogP contribution >= 0.6 is 0 Å². The van der Waals surface area contributed by atoms with Gasteiger partial charge in [-0.1, -0.05) is 19.1 Å². The van der Waals surface area contributed by atoms with Crippen molar-refractivity contribution >= 4 is 17.8 Å². The lowest BCUT2D eigenvalue weighted by Crippen LogP contribution is -2.34. The van der Waals surface area contributed by atoms with Gasteiger partial charge >= 0.3 is 11.9 Å². The van der Waals surface area contributed by atoms with Crippen LogP contribution in [0.5, 0.6) is 5.75 Å². The molecule has 114 valence electrons. The van der Waals surface area contributed by atoms with Gasteiger partial charge in [0.05, 0.1) is 6.61 Å². The Bertz CT molecular complexity index is 509. The van der Waals surface area contributed by atoms with Gasteiger partial charge in [-0.2, -0.15) is 0 Å². The first-order chi connectivity index (χ1) is 9.97. The molecule has 0 fully saturated rings. The summed E-state index contributed by atoms with van der Waals surface area (Å²) in [6, 6.07) is 5.46. The predicted octanol–water partition coefficient (Wildman–Crippen LogP) is 1.74.